The molecule has 0 saturated heterocycles. The Hall–Kier alpha value is -0.0900. The van der Waals surface area contributed by atoms with E-state index in [2.05, 4.69) is 0 Å². The lowest BCUT2D eigenvalue weighted by atomic mass is 10.2. The van der Waals surface area contributed by atoms with Gasteiger partial charge in [0, 0.05) is 6.61 Å². The van der Waals surface area contributed by atoms with E-state index in [0.29, 0.717) is 19.8 Å². The minimum atomic E-state index is -3.54. The molecular formula is C12H17Cl2O4P. The second-order valence-corrected chi connectivity index (χ2v) is 8.06. The molecule has 7 heteroatoms. The summed E-state index contributed by atoms with van der Waals surface area (Å²) in [4.78, 5) is 0. The van der Waals surface area contributed by atoms with E-state index in [4.69, 9.17) is 36.5 Å². The maximum Gasteiger partial charge on any atom is 0.380 e. The van der Waals surface area contributed by atoms with Gasteiger partial charge in [0.25, 0.3) is 0 Å². The number of ether oxygens (including phenoxy) is 2. The molecule has 0 aliphatic heterocycles. The first kappa shape index (κ1) is 17.0. The van der Waals surface area contributed by atoms with Crippen LogP contribution >= 0.6 is 28.6 Å². The molecule has 0 aliphatic rings. The van der Waals surface area contributed by atoms with E-state index >= 15 is 0 Å². The summed E-state index contributed by atoms with van der Waals surface area (Å²) in [5.74, 6) is 0. The Morgan fingerprint density at radius 2 is 1.89 bits per heavy atom. The fourth-order valence-corrected chi connectivity index (χ4v) is 2.03. The van der Waals surface area contributed by atoms with Crippen molar-refractivity contribution in [3.63, 3.8) is 0 Å². The van der Waals surface area contributed by atoms with Crippen LogP contribution in [0.3, 0.4) is 0 Å². The predicted molar refractivity (Wildman–Crippen MR) is 76.8 cm³/mol. The zero-order valence-electron chi connectivity index (χ0n) is 10.6. The number of rotatable bonds is 9. The summed E-state index contributed by atoms with van der Waals surface area (Å²) in [6.45, 7) is 3.21. The lowest BCUT2D eigenvalue weighted by molar-refractivity contribution is -0.0413. The van der Waals surface area contributed by atoms with Gasteiger partial charge in [-0.1, -0.05) is 30.3 Å². The Morgan fingerprint density at radius 3 is 2.47 bits per heavy atom. The lowest BCUT2D eigenvalue weighted by Gasteiger charge is -2.18. The number of benzene rings is 1. The van der Waals surface area contributed by atoms with Crippen LogP contribution < -0.4 is 0 Å². The van der Waals surface area contributed by atoms with Gasteiger partial charge in [0.15, 0.2) is 0 Å². The maximum absolute atomic E-state index is 11.1. The second kappa shape index (κ2) is 8.96. The van der Waals surface area contributed by atoms with Crippen molar-refractivity contribution in [2.75, 3.05) is 19.8 Å². The average Bonchev–Trinajstić information content (AvgIpc) is 2.38. The van der Waals surface area contributed by atoms with E-state index in [0.717, 1.165) is 5.56 Å². The van der Waals surface area contributed by atoms with Crippen LogP contribution in [0.4, 0.5) is 0 Å². The summed E-state index contributed by atoms with van der Waals surface area (Å²) >= 11 is 10.7. The molecule has 0 spiro atoms. The molecule has 0 bridgehead atoms. The molecule has 1 unspecified atom stereocenters. The molecule has 0 N–H and O–H groups in total. The molecule has 0 saturated carbocycles. The Kier molecular flexibility index (Phi) is 8.00. The molecule has 1 aromatic rings. The van der Waals surface area contributed by atoms with Crippen LogP contribution in [0.1, 0.15) is 12.5 Å². The van der Waals surface area contributed by atoms with Crippen molar-refractivity contribution < 1.29 is 18.6 Å². The Balaban J connectivity index is 2.42. The minimum Gasteiger partial charge on any atom is -0.379 e. The van der Waals surface area contributed by atoms with Crippen molar-refractivity contribution in [1.29, 1.82) is 0 Å². The highest BCUT2D eigenvalue weighted by molar-refractivity contribution is 8.05. The quantitative estimate of drug-likeness (QED) is 0.637. The molecule has 0 amide bonds. The van der Waals surface area contributed by atoms with Crippen LogP contribution in [0.5, 0.6) is 0 Å². The topological polar surface area (TPSA) is 44.8 Å². The van der Waals surface area contributed by atoms with E-state index in [9.17, 15) is 4.57 Å². The van der Waals surface area contributed by atoms with Gasteiger partial charge in [-0.05, 0) is 35.0 Å². The molecule has 108 valence electrons. The molecule has 1 atom stereocenters. The maximum atomic E-state index is 11.1. The summed E-state index contributed by atoms with van der Waals surface area (Å²) in [6, 6.07) is 9.69. The van der Waals surface area contributed by atoms with Crippen molar-refractivity contribution in [2.24, 2.45) is 0 Å². The minimum absolute atomic E-state index is 0.0249. The van der Waals surface area contributed by atoms with Crippen LogP contribution in [0.25, 0.3) is 0 Å². The summed E-state index contributed by atoms with van der Waals surface area (Å²) in [5.41, 5.74) is 1.03. The van der Waals surface area contributed by atoms with E-state index in [-0.39, 0.29) is 12.7 Å². The summed E-state index contributed by atoms with van der Waals surface area (Å²) in [7, 11) is 0. The highest BCUT2D eigenvalue weighted by Gasteiger charge is 2.19. The number of halogens is 2. The van der Waals surface area contributed by atoms with Crippen molar-refractivity contribution in [3.05, 3.63) is 35.9 Å². The zero-order chi connectivity index (χ0) is 14.1. The number of hydrogen-bond acceptors (Lipinski definition) is 4. The molecule has 4 nitrogen and oxygen atoms in total. The monoisotopic (exact) mass is 326 g/mol. The van der Waals surface area contributed by atoms with E-state index in [1.165, 1.54) is 0 Å². The van der Waals surface area contributed by atoms with Crippen molar-refractivity contribution in [2.45, 2.75) is 19.6 Å². The fourth-order valence-electron chi connectivity index (χ4n) is 1.35. The largest absolute Gasteiger partial charge is 0.380 e. The molecule has 0 aromatic heterocycles. The van der Waals surface area contributed by atoms with Crippen molar-refractivity contribution in [3.8, 4) is 0 Å². The van der Waals surface area contributed by atoms with Crippen LogP contribution in [0.15, 0.2) is 30.3 Å². The standard InChI is InChI=1S/C12H17Cl2O4P/c1-2-16-9-12(10-18-19(13,14)15)17-8-11-6-4-3-5-7-11/h3-7,12H,2,8-10H2,1H3. The van der Waals surface area contributed by atoms with Gasteiger partial charge in [0.2, 0.25) is 0 Å². The van der Waals surface area contributed by atoms with Gasteiger partial charge in [-0.3, -0.25) is 4.57 Å². The molecule has 1 rings (SSSR count). The lowest BCUT2D eigenvalue weighted by Crippen LogP contribution is -2.24. The van der Waals surface area contributed by atoms with Crippen LogP contribution in [-0.4, -0.2) is 25.9 Å². The molecule has 0 radical (unpaired) electrons. The van der Waals surface area contributed by atoms with Gasteiger partial charge in [-0.2, -0.15) is 0 Å². The van der Waals surface area contributed by atoms with Crippen LogP contribution in [0, 0.1) is 0 Å². The molecular weight excluding hydrogens is 310 g/mol. The third kappa shape index (κ3) is 8.64. The van der Waals surface area contributed by atoms with Gasteiger partial charge in [0.05, 0.1) is 19.8 Å². The molecule has 19 heavy (non-hydrogen) atoms. The molecule has 0 heterocycles. The smallest absolute Gasteiger partial charge is 0.379 e. The van der Waals surface area contributed by atoms with Gasteiger partial charge < -0.3 is 14.0 Å². The molecule has 0 fully saturated rings. The Bertz CT molecular complexity index is 396. The fraction of sp³-hybridized carbons (Fsp3) is 0.500. The highest BCUT2D eigenvalue weighted by atomic mass is 35.9. The third-order valence-electron chi connectivity index (χ3n) is 2.25. The first-order valence-electron chi connectivity index (χ1n) is 5.88. The van der Waals surface area contributed by atoms with E-state index in [1.54, 1.807) is 0 Å². The summed E-state index contributed by atoms with van der Waals surface area (Å²) in [5, 5.41) is 0. The van der Waals surface area contributed by atoms with Gasteiger partial charge in [0.1, 0.15) is 6.10 Å². The van der Waals surface area contributed by atoms with E-state index in [1.807, 2.05) is 37.3 Å². The first-order valence-corrected chi connectivity index (χ1v) is 9.32. The van der Waals surface area contributed by atoms with Gasteiger partial charge >= 0.3 is 6.07 Å². The van der Waals surface area contributed by atoms with Gasteiger partial charge in [-0.15, -0.1) is 0 Å². The van der Waals surface area contributed by atoms with Crippen molar-refractivity contribution >= 4 is 28.6 Å². The second-order valence-electron chi connectivity index (χ2n) is 3.79. The number of hydrogen-bond donors (Lipinski definition) is 0. The van der Waals surface area contributed by atoms with Gasteiger partial charge in [-0.25, -0.2) is 0 Å². The first-order chi connectivity index (χ1) is 9.01. The normalized spacial score (nSPS) is 13.4. The highest BCUT2D eigenvalue weighted by Crippen LogP contribution is 2.57. The average molecular weight is 327 g/mol. The van der Waals surface area contributed by atoms with Crippen LogP contribution in [0.2, 0.25) is 0 Å². The third-order valence-corrected chi connectivity index (χ3v) is 3.28. The summed E-state index contributed by atoms with van der Waals surface area (Å²) < 4.78 is 26.8. The summed E-state index contributed by atoms with van der Waals surface area (Å²) in [6.07, 6.45) is -3.91. The van der Waals surface area contributed by atoms with Crippen LogP contribution in [-0.2, 0) is 25.2 Å². The Morgan fingerprint density at radius 1 is 1.21 bits per heavy atom. The van der Waals surface area contributed by atoms with E-state index < -0.39 is 6.07 Å². The zero-order valence-corrected chi connectivity index (χ0v) is 13.0. The SMILES string of the molecule is CCOCC(COP(=O)(Cl)Cl)OCc1ccccc1. The van der Waals surface area contributed by atoms with Crippen molar-refractivity contribution in [1.82, 2.24) is 0 Å². The molecule has 0 aliphatic carbocycles. The molecule has 1 aromatic carbocycles. The Labute approximate surface area is 123 Å². The predicted octanol–water partition coefficient (Wildman–Crippen LogP) is 4.21.